The number of imidazole rings is 2. The van der Waals surface area contributed by atoms with E-state index in [9.17, 15) is 0 Å². The van der Waals surface area contributed by atoms with Gasteiger partial charge in [0.1, 0.15) is 23.1 Å². The Morgan fingerprint density at radius 3 is 1.47 bits per heavy atom. The fourth-order valence-corrected chi connectivity index (χ4v) is 11.5. The van der Waals surface area contributed by atoms with E-state index in [1.807, 2.05) is 24.3 Å². The lowest BCUT2D eigenvalue weighted by Gasteiger charge is -2.25. The molecule has 10 aromatic carbocycles. The Labute approximate surface area is 464 Å². The van der Waals surface area contributed by atoms with Gasteiger partial charge in [-0.05, 0) is 151 Å². The summed E-state index contributed by atoms with van der Waals surface area (Å²) in [4.78, 5) is 15.0. The number of hydrogen-bond donors (Lipinski definition) is 0. The summed E-state index contributed by atoms with van der Waals surface area (Å²) in [5, 5.41) is 1.99. The maximum atomic E-state index is 8.50. The van der Waals surface area contributed by atoms with Gasteiger partial charge in [-0.25, -0.2) is 14.8 Å². The van der Waals surface area contributed by atoms with Gasteiger partial charge < -0.3 is 9.30 Å². The Hall–Kier alpha value is -9.31. The van der Waals surface area contributed by atoms with Crippen LogP contribution < -0.4 is 4.74 Å². The molecule has 0 aliphatic rings. The Morgan fingerprint density at radius 1 is 0.392 bits per heavy atom. The average molecular weight is 1030 g/mol. The van der Waals surface area contributed by atoms with Crippen molar-refractivity contribution in [1.29, 1.82) is 0 Å². The van der Waals surface area contributed by atoms with E-state index in [1.54, 1.807) is 0 Å². The van der Waals surface area contributed by atoms with E-state index in [4.69, 9.17) is 21.3 Å². The molecule has 0 radical (unpaired) electrons. The van der Waals surface area contributed by atoms with Crippen LogP contribution in [0.5, 0.6) is 11.5 Å². The molecule has 12 aromatic rings. The van der Waals surface area contributed by atoms with E-state index in [1.165, 1.54) is 50.2 Å². The number of para-hydroxylation sites is 3. The van der Waals surface area contributed by atoms with Crippen LogP contribution in [-0.4, -0.2) is 19.1 Å². The summed E-state index contributed by atoms with van der Waals surface area (Å²) in [5.74, 6) is 3.73. The number of benzene rings is 10. The van der Waals surface area contributed by atoms with Crippen LogP contribution in [0.3, 0.4) is 0 Å². The van der Waals surface area contributed by atoms with Crippen LogP contribution in [0.15, 0.2) is 212 Å². The van der Waals surface area contributed by atoms with Crippen LogP contribution in [-0.2, 0) is 0 Å². The molecular weight excluding hydrogens is 963 g/mol. The van der Waals surface area contributed by atoms with Crippen molar-refractivity contribution in [3.05, 3.63) is 246 Å². The molecule has 79 heavy (non-hydrogen) atoms. The predicted octanol–water partition coefficient (Wildman–Crippen LogP) is 20.7. The fourth-order valence-electron chi connectivity index (χ4n) is 11.5. The van der Waals surface area contributed by atoms with Crippen molar-refractivity contribution in [3.8, 4) is 79.0 Å². The van der Waals surface area contributed by atoms with Crippen LogP contribution in [0.25, 0.3) is 105 Å². The molecule has 0 fully saturated rings. The number of nitrogens with zero attached hydrogens (tertiary/aromatic N) is 5. The monoisotopic (exact) mass is 1030 g/mol. The van der Waals surface area contributed by atoms with E-state index in [0.717, 1.165) is 72.4 Å². The van der Waals surface area contributed by atoms with E-state index >= 15 is 0 Å². The molecule has 0 atom stereocenters. The molecule has 0 bridgehead atoms. The molecular formula is C73H63N5O. The van der Waals surface area contributed by atoms with Crippen molar-refractivity contribution in [1.82, 2.24) is 19.1 Å². The number of rotatable bonds is 13. The Balaban J connectivity index is 1.01. The molecule has 0 unspecified atom stereocenters. The van der Waals surface area contributed by atoms with Crippen molar-refractivity contribution in [3.63, 3.8) is 0 Å². The van der Waals surface area contributed by atoms with Crippen molar-refractivity contribution in [2.24, 2.45) is 0 Å². The van der Waals surface area contributed by atoms with Gasteiger partial charge in [0.05, 0.1) is 40.0 Å². The summed E-state index contributed by atoms with van der Waals surface area (Å²) < 4.78 is 11.9. The number of aromatic nitrogens is 4. The summed E-state index contributed by atoms with van der Waals surface area (Å²) in [7, 11) is 0. The largest absolute Gasteiger partial charge is 0.457 e. The predicted molar refractivity (Wildman–Crippen MR) is 330 cm³/mol. The second-order valence-corrected chi connectivity index (χ2v) is 22.0. The number of fused-ring (bicyclic) bond motifs is 3. The minimum atomic E-state index is 0.139. The summed E-state index contributed by atoms with van der Waals surface area (Å²) in [6, 6.07) is 75.0. The van der Waals surface area contributed by atoms with Crippen molar-refractivity contribution < 1.29 is 4.74 Å². The topological polar surface area (TPSA) is 49.2 Å². The summed E-state index contributed by atoms with van der Waals surface area (Å²) >= 11 is 0. The minimum Gasteiger partial charge on any atom is -0.457 e. The summed E-state index contributed by atoms with van der Waals surface area (Å²) in [5.41, 5.74) is 20.2. The van der Waals surface area contributed by atoms with Gasteiger partial charge in [0.25, 0.3) is 0 Å². The maximum Gasteiger partial charge on any atom is 0.212 e. The Morgan fingerprint density at radius 2 is 0.861 bits per heavy atom. The third kappa shape index (κ3) is 9.36. The molecule has 0 aliphatic carbocycles. The molecule has 2 aromatic heterocycles. The van der Waals surface area contributed by atoms with Crippen LogP contribution >= 0.6 is 0 Å². The molecule has 0 saturated carbocycles. The SMILES string of the molecule is [C-]#[N+]c1cccc2nc(-c3cc(Oc4cccc(-c5nc6ccccc6n5-c5c(C(C)C)cc(-c6ccccc6)cc5C(C)C)c4)c4ccccc4c3)n(-c3c(C(C)C)cc(-c4ccc(-c5ccccc5)cc4)cc3C(C)C)c12. The van der Waals surface area contributed by atoms with Gasteiger partial charge in [0.2, 0.25) is 5.69 Å². The molecule has 2 heterocycles. The van der Waals surface area contributed by atoms with E-state index in [2.05, 4.69) is 257 Å². The molecule has 0 saturated heterocycles. The zero-order chi connectivity index (χ0) is 54.5. The van der Waals surface area contributed by atoms with E-state index in [0.29, 0.717) is 17.2 Å². The van der Waals surface area contributed by atoms with Gasteiger partial charge >= 0.3 is 0 Å². The molecule has 0 amide bonds. The Kier molecular flexibility index (Phi) is 13.4. The highest BCUT2D eigenvalue weighted by Crippen LogP contribution is 2.46. The van der Waals surface area contributed by atoms with Crippen molar-refractivity contribution in [2.45, 2.75) is 79.1 Å². The van der Waals surface area contributed by atoms with Crippen LogP contribution in [0.4, 0.5) is 5.69 Å². The third-order valence-electron chi connectivity index (χ3n) is 15.4. The van der Waals surface area contributed by atoms with Crippen LogP contribution in [0.2, 0.25) is 0 Å². The normalized spacial score (nSPS) is 11.7. The molecule has 12 rings (SSSR count). The molecule has 0 N–H and O–H groups in total. The molecule has 386 valence electrons. The minimum absolute atomic E-state index is 0.139. The van der Waals surface area contributed by atoms with E-state index < -0.39 is 0 Å². The second-order valence-electron chi connectivity index (χ2n) is 22.0. The highest BCUT2D eigenvalue weighted by molar-refractivity contribution is 5.98. The molecule has 6 nitrogen and oxygen atoms in total. The van der Waals surface area contributed by atoms with Gasteiger partial charge in [-0.1, -0.05) is 201 Å². The standard InChI is InChI=1S/C73H63N5O/c1-45(2)60-40-55(50-24-14-11-15-25-50)41-61(46(3)4)69(60)77-67-33-19-18-30-64(67)75-72(77)54-27-20-28-58(39-54)79-68-44-57(38-53-26-16-17-29-59(53)68)73-76-66-32-21-31-65(74-9)71(66)78(73)70-62(47(5)6)42-56(43-63(70)48(7)8)52-36-34-51(35-37-52)49-22-12-10-13-23-49/h10-48H,1-8H3. The first-order valence-corrected chi connectivity index (χ1v) is 27.7. The smallest absolute Gasteiger partial charge is 0.212 e. The maximum absolute atomic E-state index is 8.50. The van der Waals surface area contributed by atoms with Gasteiger partial charge in [-0.2, -0.15) is 0 Å². The highest BCUT2D eigenvalue weighted by Gasteiger charge is 2.27. The number of hydrogen-bond acceptors (Lipinski definition) is 3. The quantitative estimate of drug-likeness (QED) is 0.108. The lowest BCUT2D eigenvalue weighted by atomic mass is 9.87. The lowest BCUT2D eigenvalue weighted by molar-refractivity contribution is 0.488. The first-order valence-electron chi connectivity index (χ1n) is 27.7. The van der Waals surface area contributed by atoms with Crippen molar-refractivity contribution in [2.75, 3.05) is 0 Å². The summed E-state index contributed by atoms with van der Waals surface area (Å²) in [6.45, 7) is 26.7. The second kappa shape index (κ2) is 20.9. The van der Waals surface area contributed by atoms with Crippen LogP contribution in [0.1, 0.15) is 101 Å². The molecule has 0 spiro atoms. The summed E-state index contributed by atoms with van der Waals surface area (Å²) in [6.07, 6.45) is 0. The van der Waals surface area contributed by atoms with Gasteiger partial charge in [0.15, 0.2) is 0 Å². The van der Waals surface area contributed by atoms with Gasteiger partial charge in [-0.3, -0.25) is 4.57 Å². The van der Waals surface area contributed by atoms with Gasteiger partial charge in [0, 0.05) is 16.5 Å². The highest BCUT2D eigenvalue weighted by atomic mass is 16.5. The molecule has 0 aliphatic heterocycles. The van der Waals surface area contributed by atoms with E-state index in [-0.39, 0.29) is 23.7 Å². The Bertz CT molecular complexity index is 4230. The molecule has 6 heteroatoms. The van der Waals surface area contributed by atoms with Gasteiger partial charge in [-0.15, -0.1) is 0 Å². The third-order valence-corrected chi connectivity index (χ3v) is 15.4. The van der Waals surface area contributed by atoms with Crippen molar-refractivity contribution >= 4 is 38.5 Å². The zero-order valence-corrected chi connectivity index (χ0v) is 46.2. The average Bonchev–Trinajstić information content (AvgIpc) is 4.30. The van der Waals surface area contributed by atoms with Crippen LogP contribution in [0, 0.1) is 6.57 Å². The fraction of sp³-hybridized carbons (Fsp3) is 0.164. The lowest BCUT2D eigenvalue weighted by Crippen LogP contribution is -2.09. The first kappa shape index (κ1) is 50.5. The number of ether oxygens (including phenoxy) is 1. The first-order chi connectivity index (χ1) is 38.4. The zero-order valence-electron chi connectivity index (χ0n) is 46.2.